The van der Waals surface area contributed by atoms with Crippen LogP contribution in [0.4, 0.5) is 13.2 Å². The zero-order chi connectivity index (χ0) is 27.1. The second-order valence-corrected chi connectivity index (χ2v) is 9.22. The van der Waals surface area contributed by atoms with Crippen LogP contribution in [0.5, 0.6) is 5.75 Å². The fraction of sp³-hybridized carbons (Fsp3) is 0.333. The van der Waals surface area contributed by atoms with E-state index < -0.39 is 23.5 Å². The number of carbonyl (C=O) groups is 1. The van der Waals surface area contributed by atoms with Crippen LogP contribution in [0.2, 0.25) is 0 Å². The van der Waals surface area contributed by atoms with Gasteiger partial charge in [0.2, 0.25) is 0 Å². The maximum absolute atomic E-state index is 14.3. The molecule has 0 N–H and O–H groups in total. The second kappa shape index (κ2) is 9.96. The molecule has 0 fully saturated rings. The Morgan fingerprint density at radius 3 is 2.45 bits per heavy atom. The molecule has 3 heterocycles. The summed E-state index contributed by atoms with van der Waals surface area (Å²) in [6, 6.07) is 6.53. The third-order valence-corrected chi connectivity index (χ3v) is 7.11. The molecule has 2 atom stereocenters. The molecule has 2 unspecified atom stereocenters. The molecule has 0 spiro atoms. The SMILES string of the molecule is CCC1Cc2c(nn(C)c2-c2cc(F)c(F)c(F)c2)C(CC)N1C(=O)c1cc(OC)ccc1-n1cncn1. The van der Waals surface area contributed by atoms with Gasteiger partial charge in [0.25, 0.3) is 5.91 Å². The average molecular weight is 525 g/mol. The van der Waals surface area contributed by atoms with E-state index in [0.29, 0.717) is 47.7 Å². The maximum atomic E-state index is 14.3. The molecule has 5 rings (SSSR count). The molecule has 0 bridgehead atoms. The minimum Gasteiger partial charge on any atom is -0.497 e. The predicted molar refractivity (Wildman–Crippen MR) is 133 cm³/mol. The van der Waals surface area contributed by atoms with E-state index in [0.717, 1.165) is 17.7 Å². The van der Waals surface area contributed by atoms with Gasteiger partial charge in [-0.3, -0.25) is 9.48 Å². The van der Waals surface area contributed by atoms with Crippen molar-refractivity contribution in [1.29, 1.82) is 0 Å². The van der Waals surface area contributed by atoms with Crippen molar-refractivity contribution < 1.29 is 22.7 Å². The maximum Gasteiger partial charge on any atom is 0.257 e. The molecule has 0 saturated carbocycles. The van der Waals surface area contributed by atoms with E-state index in [9.17, 15) is 18.0 Å². The largest absolute Gasteiger partial charge is 0.497 e. The van der Waals surface area contributed by atoms with Crippen LogP contribution in [0, 0.1) is 17.5 Å². The van der Waals surface area contributed by atoms with E-state index in [-0.39, 0.29) is 17.5 Å². The van der Waals surface area contributed by atoms with Crippen molar-refractivity contribution in [3.63, 3.8) is 0 Å². The van der Waals surface area contributed by atoms with E-state index in [1.54, 1.807) is 29.9 Å². The minimum atomic E-state index is -1.51. The number of hydrogen-bond donors (Lipinski definition) is 0. The highest BCUT2D eigenvalue weighted by Crippen LogP contribution is 2.42. The molecular weight excluding hydrogens is 497 g/mol. The lowest BCUT2D eigenvalue weighted by Gasteiger charge is -2.41. The second-order valence-electron chi connectivity index (χ2n) is 9.22. The Morgan fingerprint density at radius 1 is 1.11 bits per heavy atom. The van der Waals surface area contributed by atoms with Crippen molar-refractivity contribution in [2.24, 2.45) is 7.05 Å². The first-order chi connectivity index (χ1) is 18.3. The summed E-state index contributed by atoms with van der Waals surface area (Å²) in [6.07, 6.45) is 4.52. The number of rotatable bonds is 6. The van der Waals surface area contributed by atoms with Gasteiger partial charge >= 0.3 is 0 Å². The minimum absolute atomic E-state index is 0.198. The molecule has 0 radical (unpaired) electrons. The van der Waals surface area contributed by atoms with Crippen LogP contribution in [0.25, 0.3) is 16.9 Å². The third-order valence-electron chi connectivity index (χ3n) is 7.11. The van der Waals surface area contributed by atoms with Gasteiger partial charge in [-0.2, -0.15) is 10.2 Å². The van der Waals surface area contributed by atoms with Crippen LogP contribution in [0.3, 0.4) is 0 Å². The molecule has 2 aromatic heterocycles. The Hall–Kier alpha value is -4.15. The molecule has 1 amide bonds. The van der Waals surface area contributed by atoms with Crippen molar-refractivity contribution in [3.8, 4) is 22.7 Å². The summed E-state index contributed by atoms with van der Waals surface area (Å²) in [5.41, 5.74) is 3.10. The van der Waals surface area contributed by atoms with Crippen molar-refractivity contribution >= 4 is 5.91 Å². The quantitative estimate of drug-likeness (QED) is 0.331. The van der Waals surface area contributed by atoms with Gasteiger partial charge in [-0.05, 0) is 49.6 Å². The Labute approximate surface area is 217 Å². The molecule has 11 heteroatoms. The summed E-state index contributed by atoms with van der Waals surface area (Å²) >= 11 is 0. The number of benzene rings is 2. The van der Waals surface area contributed by atoms with Gasteiger partial charge in [0.15, 0.2) is 17.5 Å². The van der Waals surface area contributed by atoms with Gasteiger partial charge in [-0.25, -0.2) is 22.8 Å². The summed E-state index contributed by atoms with van der Waals surface area (Å²) in [7, 11) is 3.21. The van der Waals surface area contributed by atoms with Gasteiger partial charge in [0, 0.05) is 24.2 Å². The average Bonchev–Trinajstić information content (AvgIpc) is 3.57. The fourth-order valence-corrected chi connectivity index (χ4v) is 5.35. The van der Waals surface area contributed by atoms with Crippen molar-refractivity contribution in [3.05, 3.63) is 77.3 Å². The number of nitrogens with zero attached hydrogens (tertiary/aromatic N) is 6. The first kappa shape index (κ1) is 25.5. The molecule has 0 aliphatic carbocycles. The van der Waals surface area contributed by atoms with Crippen LogP contribution in [-0.2, 0) is 13.5 Å². The molecule has 198 valence electrons. The molecule has 8 nitrogen and oxygen atoms in total. The molecule has 1 aliphatic rings. The Kier molecular flexibility index (Phi) is 6.68. The van der Waals surface area contributed by atoms with Crippen LogP contribution < -0.4 is 4.74 Å². The zero-order valence-corrected chi connectivity index (χ0v) is 21.5. The number of amides is 1. The summed E-state index contributed by atoms with van der Waals surface area (Å²) in [6.45, 7) is 3.95. The molecule has 1 aliphatic heterocycles. The standard InChI is InChI=1S/C27H27F3N6O2/c1-5-16-11-19-25(33-34(3)26(19)15-9-20(28)24(30)21(29)10-15)22(6-2)36(16)27(37)18-12-17(38-4)7-8-23(18)35-14-31-13-32-35/h7-10,12-14,16,22H,5-6,11H2,1-4H3. The number of fused-ring (bicyclic) bond motifs is 1. The van der Waals surface area contributed by atoms with Crippen molar-refractivity contribution in [2.75, 3.05) is 7.11 Å². The van der Waals surface area contributed by atoms with Crippen molar-refractivity contribution in [1.82, 2.24) is 29.4 Å². The lowest BCUT2D eigenvalue weighted by atomic mass is 9.87. The highest BCUT2D eigenvalue weighted by Gasteiger charge is 2.41. The number of ether oxygens (including phenoxy) is 1. The highest BCUT2D eigenvalue weighted by molar-refractivity contribution is 5.99. The number of aryl methyl sites for hydroxylation is 1. The molecule has 0 saturated heterocycles. The third kappa shape index (κ3) is 4.11. The number of methoxy groups -OCH3 is 1. The number of carbonyl (C=O) groups excluding carboxylic acids is 1. The first-order valence-corrected chi connectivity index (χ1v) is 12.3. The van der Waals surface area contributed by atoms with Crippen LogP contribution in [0.15, 0.2) is 43.0 Å². The van der Waals surface area contributed by atoms with Gasteiger partial charge in [0.1, 0.15) is 18.4 Å². The van der Waals surface area contributed by atoms with Crippen LogP contribution in [-0.4, -0.2) is 48.5 Å². The van der Waals surface area contributed by atoms with Crippen LogP contribution >= 0.6 is 0 Å². The summed E-state index contributed by atoms with van der Waals surface area (Å²) in [4.78, 5) is 20.1. The summed E-state index contributed by atoms with van der Waals surface area (Å²) in [5.74, 6) is -3.73. The highest BCUT2D eigenvalue weighted by atomic mass is 19.2. The number of aromatic nitrogens is 5. The Bertz CT molecular complexity index is 1480. The van der Waals surface area contributed by atoms with E-state index in [1.807, 2.05) is 18.7 Å². The van der Waals surface area contributed by atoms with Gasteiger partial charge < -0.3 is 9.64 Å². The topological polar surface area (TPSA) is 78.1 Å². The zero-order valence-electron chi connectivity index (χ0n) is 21.5. The van der Waals surface area contributed by atoms with Crippen molar-refractivity contribution in [2.45, 2.75) is 45.2 Å². The lowest BCUT2D eigenvalue weighted by molar-refractivity contribution is 0.0512. The Balaban J connectivity index is 1.63. The van der Waals surface area contributed by atoms with Gasteiger partial charge in [0.05, 0.1) is 35.8 Å². The summed E-state index contributed by atoms with van der Waals surface area (Å²) in [5, 5.41) is 8.90. The molecule has 38 heavy (non-hydrogen) atoms. The molecular formula is C27H27F3N6O2. The Morgan fingerprint density at radius 2 is 1.84 bits per heavy atom. The van der Waals surface area contributed by atoms with E-state index in [4.69, 9.17) is 9.84 Å². The fourth-order valence-electron chi connectivity index (χ4n) is 5.35. The number of halogens is 3. The molecule has 4 aromatic rings. The van der Waals surface area contributed by atoms with Crippen LogP contribution in [0.1, 0.15) is 54.3 Å². The number of hydrogen-bond acceptors (Lipinski definition) is 5. The summed E-state index contributed by atoms with van der Waals surface area (Å²) < 4.78 is 50.4. The van der Waals surface area contributed by atoms with E-state index >= 15 is 0 Å². The van der Waals surface area contributed by atoms with Gasteiger partial charge in [-0.1, -0.05) is 13.8 Å². The smallest absolute Gasteiger partial charge is 0.257 e. The molecule has 2 aromatic carbocycles. The van der Waals surface area contributed by atoms with E-state index in [2.05, 4.69) is 10.1 Å². The van der Waals surface area contributed by atoms with Gasteiger partial charge in [-0.15, -0.1) is 0 Å². The lowest BCUT2D eigenvalue weighted by Crippen LogP contribution is -2.47. The first-order valence-electron chi connectivity index (χ1n) is 12.3. The normalized spacial score (nSPS) is 17.0. The van der Waals surface area contributed by atoms with E-state index in [1.165, 1.54) is 24.4 Å². The monoisotopic (exact) mass is 524 g/mol. The predicted octanol–water partition coefficient (Wildman–Crippen LogP) is 5.02.